The first kappa shape index (κ1) is 29.4. The SMILES string of the molecule is CCc1ccc(N(CCCC(=O)N(Cc2ccccc2C)C(CC)C(=O)NC(C)C)S(C)(=O)=O)cc1. The summed E-state index contributed by atoms with van der Waals surface area (Å²) in [5.41, 5.74) is 3.74. The van der Waals surface area contributed by atoms with Crippen molar-refractivity contribution in [2.45, 2.75) is 78.9 Å². The van der Waals surface area contributed by atoms with Gasteiger partial charge in [-0.25, -0.2) is 8.42 Å². The van der Waals surface area contributed by atoms with Crippen LogP contribution in [-0.2, 0) is 32.6 Å². The van der Waals surface area contributed by atoms with Crippen LogP contribution in [0.3, 0.4) is 0 Å². The molecule has 1 atom stereocenters. The van der Waals surface area contributed by atoms with Crippen molar-refractivity contribution >= 4 is 27.5 Å². The molecule has 0 aliphatic heterocycles. The Morgan fingerprint density at radius 2 is 1.64 bits per heavy atom. The molecule has 0 radical (unpaired) electrons. The Hall–Kier alpha value is -2.87. The molecule has 0 heterocycles. The van der Waals surface area contributed by atoms with Crippen molar-refractivity contribution in [2.75, 3.05) is 17.1 Å². The molecule has 0 saturated heterocycles. The number of anilines is 1. The molecule has 0 bridgehead atoms. The summed E-state index contributed by atoms with van der Waals surface area (Å²) in [7, 11) is -3.51. The van der Waals surface area contributed by atoms with E-state index in [0.717, 1.165) is 23.1 Å². The van der Waals surface area contributed by atoms with Crippen LogP contribution in [0.15, 0.2) is 48.5 Å². The molecule has 8 heteroatoms. The standard InChI is InChI=1S/C28H41N3O4S/c1-7-23-15-17-25(18-16-23)31(36(6,34)35)19-11-14-27(32)30(20-24-13-10-9-12-22(24)5)26(8-2)28(33)29-21(3)4/h9-10,12-13,15-18,21,26H,7-8,11,14,19-20H2,1-6H3,(H,29,33). The Balaban J connectivity index is 2.22. The molecule has 2 amide bonds. The van der Waals surface area contributed by atoms with E-state index < -0.39 is 16.1 Å². The van der Waals surface area contributed by atoms with E-state index in [9.17, 15) is 18.0 Å². The van der Waals surface area contributed by atoms with Gasteiger partial charge in [0.05, 0.1) is 11.9 Å². The molecule has 7 nitrogen and oxygen atoms in total. The maximum absolute atomic E-state index is 13.5. The number of carbonyl (C=O) groups excluding carboxylic acids is 2. The van der Waals surface area contributed by atoms with E-state index in [-0.39, 0.29) is 30.8 Å². The van der Waals surface area contributed by atoms with Crippen LogP contribution in [0.1, 0.15) is 63.6 Å². The van der Waals surface area contributed by atoms with Gasteiger partial charge in [-0.15, -0.1) is 0 Å². The van der Waals surface area contributed by atoms with Crippen LogP contribution in [0, 0.1) is 6.92 Å². The van der Waals surface area contributed by atoms with Gasteiger partial charge in [0.2, 0.25) is 21.8 Å². The van der Waals surface area contributed by atoms with Gasteiger partial charge < -0.3 is 10.2 Å². The van der Waals surface area contributed by atoms with E-state index in [2.05, 4.69) is 5.32 Å². The second kappa shape index (κ2) is 13.4. The van der Waals surface area contributed by atoms with Gasteiger partial charge in [-0.2, -0.15) is 0 Å². The van der Waals surface area contributed by atoms with Crippen LogP contribution < -0.4 is 9.62 Å². The maximum Gasteiger partial charge on any atom is 0.243 e. The molecule has 2 rings (SSSR count). The molecular formula is C28H41N3O4S. The van der Waals surface area contributed by atoms with Crippen LogP contribution in [-0.4, -0.2) is 50.0 Å². The van der Waals surface area contributed by atoms with Crippen molar-refractivity contribution in [2.24, 2.45) is 0 Å². The number of benzene rings is 2. The Kier molecular flexibility index (Phi) is 11.0. The van der Waals surface area contributed by atoms with Gasteiger partial charge in [-0.05, 0) is 68.9 Å². The lowest BCUT2D eigenvalue weighted by Gasteiger charge is -2.32. The summed E-state index contributed by atoms with van der Waals surface area (Å²) < 4.78 is 26.3. The summed E-state index contributed by atoms with van der Waals surface area (Å²) >= 11 is 0. The van der Waals surface area contributed by atoms with E-state index in [1.54, 1.807) is 17.0 Å². The average Bonchev–Trinajstić information content (AvgIpc) is 2.81. The number of amides is 2. The number of carbonyl (C=O) groups is 2. The van der Waals surface area contributed by atoms with Crippen molar-refractivity contribution in [1.82, 2.24) is 10.2 Å². The summed E-state index contributed by atoms with van der Waals surface area (Å²) in [5, 5.41) is 2.93. The van der Waals surface area contributed by atoms with Crippen LogP contribution in [0.2, 0.25) is 0 Å². The van der Waals surface area contributed by atoms with Gasteiger partial charge in [0.1, 0.15) is 6.04 Å². The normalized spacial score (nSPS) is 12.3. The molecule has 36 heavy (non-hydrogen) atoms. The minimum atomic E-state index is -3.51. The molecule has 0 spiro atoms. The van der Waals surface area contributed by atoms with Gasteiger partial charge in [0, 0.05) is 25.6 Å². The van der Waals surface area contributed by atoms with Crippen LogP contribution in [0.25, 0.3) is 0 Å². The minimum absolute atomic E-state index is 0.0376. The average molecular weight is 516 g/mol. The summed E-state index contributed by atoms with van der Waals surface area (Å²) in [6.45, 7) is 10.2. The zero-order chi connectivity index (χ0) is 26.9. The van der Waals surface area contributed by atoms with Gasteiger partial charge in [-0.3, -0.25) is 13.9 Å². The molecule has 0 aliphatic rings. The molecule has 0 aromatic heterocycles. The molecule has 0 fully saturated rings. The Labute approximate surface area is 216 Å². The largest absolute Gasteiger partial charge is 0.352 e. The van der Waals surface area contributed by atoms with Crippen LogP contribution in [0.5, 0.6) is 0 Å². The fraction of sp³-hybridized carbons (Fsp3) is 0.500. The van der Waals surface area contributed by atoms with Crippen molar-refractivity contribution < 1.29 is 18.0 Å². The smallest absolute Gasteiger partial charge is 0.243 e. The summed E-state index contributed by atoms with van der Waals surface area (Å²) in [5.74, 6) is -0.345. The van der Waals surface area contributed by atoms with Crippen molar-refractivity contribution in [3.05, 3.63) is 65.2 Å². The minimum Gasteiger partial charge on any atom is -0.352 e. The number of nitrogens with one attached hydrogen (secondary N) is 1. The molecule has 0 aliphatic carbocycles. The van der Waals surface area contributed by atoms with Crippen molar-refractivity contribution in [3.8, 4) is 0 Å². The molecule has 2 aromatic carbocycles. The van der Waals surface area contributed by atoms with Gasteiger partial charge >= 0.3 is 0 Å². The monoisotopic (exact) mass is 515 g/mol. The number of hydrogen-bond donors (Lipinski definition) is 1. The van der Waals surface area contributed by atoms with E-state index in [1.165, 1.54) is 10.6 Å². The fourth-order valence-corrected chi connectivity index (χ4v) is 5.14. The number of aryl methyl sites for hydroxylation is 2. The second-order valence-electron chi connectivity index (χ2n) is 9.49. The third-order valence-corrected chi connectivity index (χ3v) is 7.40. The van der Waals surface area contributed by atoms with E-state index >= 15 is 0 Å². The van der Waals surface area contributed by atoms with Crippen LogP contribution >= 0.6 is 0 Å². The highest BCUT2D eigenvalue weighted by molar-refractivity contribution is 7.92. The van der Waals surface area contributed by atoms with Crippen LogP contribution in [0.4, 0.5) is 5.69 Å². The Morgan fingerprint density at radius 3 is 2.17 bits per heavy atom. The van der Waals surface area contributed by atoms with E-state index in [4.69, 9.17) is 0 Å². The predicted octanol–water partition coefficient (Wildman–Crippen LogP) is 4.44. The summed E-state index contributed by atoms with van der Waals surface area (Å²) in [6.07, 6.45) is 3.00. The van der Waals surface area contributed by atoms with Gasteiger partial charge in [0.15, 0.2) is 0 Å². The highest BCUT2D eigenvalue weighted by Gasteiger charge is 2.29. The predicted molar refractivity (Wildman–Crippen MR) is 146 cm³/mol. The zero-order valence-electron chi connectivity index (χ0n) is 22.5. The maximum atomic E-state index is 13.5. The third kappa shape index (κ3) is 8.36. The second-order valence-corrected chi connectivity index (χ2v) is 11.4. The topological polar surface area (TPSA) is 86.8 Å². The molecular weight excluding hydrogens is 474 g/mol. The summed E-state index contributed by atoms with van der Waals surface area (Å²) in [6, 6.07) is 14.6. The quantitative estimate of drug-likeness (QED) is 0.427. The number of hydrogen-bond acceptors (Lipinski definition) is 4. The molecule has 198 valence electrons. The fourth-order valence-electron chi connectivity index (χ4n) is 4.17. The van der Waals surface area contributed by atoms with Crippen molar-refractivity contribution in [1.29, 1.82) is 0 Å². The number of sulfonamides is 1. The summed E-state index contributed by atoms with van der Waals surface area (Å²) in [4.78, 5) is 28.1. The van der Waals surface area contributed by atoms with E-state index in [1.807, 2.05) is 71.0 Å². The molecule has 2 aromatic rings. The van der Waals surface area contributed by atoms with Gasteiger partial charge in [-0.1, -0.05) is 50.2 Å². The molecule has 1 unspecified atom stereocenters. The third-order valence-electron chi connectivity index (χ3n) is 6.20. The molecule has 1 N–H and O–H groups in total. The first-order chi connectivity index (χ1) is 17.0. The lowest BCUT2D eigenvalue weighted by molar-refractivity contribution is -0.141. The highest BCUT2D eigenvalue weighted by Crippen LogP contribution is 2.21. The van der Waals surface area contributed by atoms with Crippen molar-refractivity contribution in [3.63, 3.8) is 0 Å². The highest BCUT2D eigenvalue weighted by atomic mass is 32.2. The van der Waals surface area contributed by atoms with E-state index in [0.29, 0.717) is 25.1 Å². The Bertz CT molecular complexity index is 1110. The number of rotatable bonds is 13. The zero-order valence-corrected chi connectivity index (χ0v) is 23.3. The number of nitrogens with zero attached hydrogens (tertiary/aromatic N) is 2. The van der Waals surface area contributed by atoms with Gasteiger partial charge in [0.25, 0.3) is 0 Å². The lowest BCUT2D eigenvalue weighted by Crippen LogP contribution is -2.50. The lowest BCUT2D eigenvalue weighted by atomic mass is 10.0. The molecule has 0 saturated carbocycles. The first-order valence-corrected chi connectivity index (χ1v) is 14.5. The first-order valence-electron chi connectivity index (χ1n) is 12.7. The Morgan fingerprint density at radius 1 is 1.00 bits per heavy atom.